The van der Waals surface area contributed by atoms with Crippen molar-refractivity contribution in [3.05, 3.63) is 0 Å². The van der Waals surface area contributed by atoms with Crippen molar-refractivity contribution in [3.8, 4) is 0 Å². The number of carbonyl (C=O) groups excluding carboxylic acids is 1. The number of ether oxygens (including phenoxy) is 1. The van der Waals surface area contributed by atoms with Crippen LogP contribution in [0, 0.1) is 5.92 Å². The molecule has 0 bridgehead atoms. The van der Waals surface area contributed by atoms with Crippen molar-refractivity contribution in [2.24, 2.45) is 5.92 Å². The highest BCUT2D eigenvalue weighted by Gasteiger charge is 2.49. The first kappa shape index (κ1) is 10.2. The average molecular weight is 196 g/mol. The normalized spacial score (nSPS) is 47.4. The minimum Gasteiger partial charge on any atom is -0.361 e. The molecule has 0 radical (unpaired) electrons. The van der Waals surface area contributed by atoms with E-state index in [0.29, 0.717) is 0 Å². The van der Waals surface area contributed by atoms with Crippen molar-refractivity contribution in [1.82, 2.24) is 0 Å². The monoisotopic (exact) mass is 196 g/mol. The van der Waals surface area contributed by atoms with Crippen LogP contribution in [0.1, 0.15) is 52.4 Å². The molecule has 1 saturated carbocycles. The standard InChI is InChI=1S/C12H20O2/c1-3-10-4-5-12(8-10)7-6-11(2,9-13)14-12/h9-10H,3-8H2,1-2H3. The maximum absolute atomic E-state index is 10.9. The highest BCUT2D eigenvalue weighted by molar-refractivity contribution is 5.62. The van der Waals surface area contributed by atoms with Crippen LogP contribution in [0.2, 0.25) is 0 Å². The van der Waals surface area contributed by atoms with Gasteiger partial charge < -0.3 is 9.53 Å². The van der Waals surface area contributed by atoms with E-state index >= 15 is 0 Å². The molecule has 1 aliphatic heterocycles. The van der Waals surface area contributed by atoms with Crippen molar-refractivity contribution in [3.63, 3.8) is 0 Å². The van der Waals surface area contributed by atoms with Crippen LogP contribution in [-0.2, 0) is 9.53 Å². The predicted molar refractivity (Wildman–Crippen MR) is 55.2 cm³/mol. The van der Waals surface area contributed by atoms with Crippen LogP contribution in [-0.4, -0.2) is 17.5 Å². The van der Waals surface area contributed by atoms with Gasteiger partial charge in [-0.05, 0) is 44.9 Å². The molecule has 3 atom stereocenters. The average Bonchev–Trinajstić information content (AvgIpc) is 2.73. The smallest absolute Gasteiger partial charge is 0.151 e. The quantitative estimate of drug-likeness (QED) is 0.635. The lowest BCUT2D eigenvalue weighted by molar-refractivity contribution is -0.137. The zero-order chi connectivity index (χ0) is 10.2. The van der Waals surface area contributed by atoms with Crippen LogP contribution in [0.4, 0.5) is 0 Å². The van der Waals surface area contributed by atoms with Crippen LogP contribution >= 0.6 is 0 Å². The first-order valence-corrected chi connectivity index (χ1v) is 5.78. The summed E-state index contributed by atoms with van der Waals surface area (Å²) in [6.07, 6.45) is 7.85. The van der Waals surface area contributed by atoms with Gasteiger partial charge in [0, 0.05) is 0 Å². The fourth-order valence-corrected chi connectivity index (χ4v) is 3.02. The van der Waals surface area contributed by atoms with E-state index in [9.17, 15) is 4.79 Å². The zero-order valence-corrected chi connectivity index (χ0v) is 9.21. The highest BCUT2D eigenvalue weighted by atomic mass is 16.5. The van der Waals surface area contributed by atoms with Gasteiger partial charge in [-0.2, -0.15) is 0 Å². The summed E-state index contributed by atoms with van der Waals surface area (Å²) < 4.78 is 6.01. The van der Waals surface area contributed by atoms with E-state index in [1.54, 1.807) is 0 Å². The molecule has 80 valence electrons. The second kappa shape index (κ2) is 3.34. The van der Waals surface area contributed by atoms with E-state index < -0.39 is 5.60 Å². The molecule has 1 spiro atoms. The SMILES string of the molecule is CCC1CCC2(CCC(C)(C=O)O2)C1. The molecule has 1 aliphatic carbocycles. The highest BCUT2D eigenvalue weighted by Crippen LogP contribution is 2.49. The van der Waals surface area contributed by atoms with Gasteiger partial charge in [-0.3, -0.25) is 0 Å². The van der Waals surface area contributed by atoms with Crippen LogP contribution < -0.4 is 0 Å². The summed E-state index contributed by atoms with van der Waals surface area (Å²) in [6.45, 7) is 4.17. The summed E-state index contributed by atoms with van der Waals surface area (Å²) in [5.41, 5.74) is -0.418. The fourth-order valence-electron chi connectivity index (χ4n) is 3.02. The third-order valence-electron chi connectivity index (χ3n) is 4.02. The summed E-state index contributed by atoms with van der Waals surface area (Å²) in [4.78, 5) is 10.9. The lowest BCUT2D eigenvalue weighted by atomic mass is 9.94. The number of hydrogen-bond donors (Lipinski definition) is 0. The van der Waals surface area contributed by atoms with Crippen molar-refractivity contribution < 1.29 is 9.53 Å². The van der Waals surface area contributed by atoms with Gasteiger partial charge in [0.2, 0.25) is 0 Å². The van der Waals surface area contributed by atoms with Gasteiger partial charge >= 0.3 is 0 Å². The van der Waals surface area contributed by atoms with Gasteiger partial charge in [0.1, 0.15) is 5.60 Å². The van der Waals surface area contributed by atoms with E-state index in [0.717, 1.165) is 31.5 Å². The maximum atomic E-state index is 10.9. The van der Waals surface area contributed by atoms with Gasteiger partial charge in [0.05, 0.1) is 5.60 Å². The Labute approximate surface area is 86.0 Å². The summed E-state index contributed by atoms with van der Waals surface area (Å²) >= 11 is 0. The van der Waals surface area contributed by atoms with Crippen LogP contribution in [0.5, 0.6) is 0 Å². The van der Waals surface area contributed by atoms with Crippen LogP contribution in [0.3, 0.4) is 0 Å². The fraction of sp³-hybridized carbons (Fsp3) is 0.917. The Morgan fingerprint density at radius 3 is 2.71 bits per heavy atom. The van der Waals surface area contributed by atoms with Crippen molar-refractivity contribution in [2.75, 3.05) is 0 Å². The van der Waals surface area contributed by atoms with Crippen LogP contribution in [0.15, 0.2) is 0 Å². The maximum Gasteiger partial charge on any atom is 0.151 e. The molecule has 2 fully saturated rings. The largest absolute Gasteiger partial charge is 0.361 e. The Hall–Kier alpha value is -0.370. The number of rotatable bonds is 2. The minimum absolute atomic E-state index is 0.0658. The first-order chi connectivity index (χ1) is 6.61. The molecule has 2 aliphatic rings. The predicted octanol–water partition coefficient (Wildman–Crippen LogP) is 2.70. The zero-order valence-electron chi connectivity index (χ0n) is 9.21. The molecule has 2 nitrogen and oxygen atoms in total. The lowest BCUT2D eigenvalue weighted by Crippen LogP contribution is -2.32. The molecular weight excluding hydrogens is 176 g/mol. The third-order valence-corrected chi connectivity index (χ3v) is 4.02. The molecule has 0 aromatic carbocycles. The molecule has 1 saturated heterocycles. The van der Waals surface area contributed by atoms with Gasteiger partial charge in [0.25, 0.3) is 0 Å². The van der Waals surface area contributed by atoms with E-state index in [1.807, 2.05) is 6.92 Å². The second-order valence-electron chi connectivity index (χ2n) is 5.23. The first-order valence-electron chi connectivity index (χ1n) is 5.78. The summed E-state index contributed by atoms with van der Waals surface area (Å²) in [6, 6.07) is 0. The van der Waals surface area contributed by atoms with Crippen molar-refractivity contribution in [1.29, 1.82) is 0 Å². The van der Waals surface area contributed by atoms with Gasteiger partial charge in [0.15, 0.2) is 6.29 Å². The Morgan fingerprint density at radius 2 is 2.21 bits per heavy atom. The van der Waals surface area contributed by atoms with Gasteiger partial charge in [-0.1, -0.05) is 13.3 Å². The molecule has 0 amide bonds. The Kier molecular flexibility index (Phi) is 2.42. The summed E-state index contributed by atoms with van der Waals surface area (Å²) in [5, 5.41) is 0. The Balaban J connectivity index is 2.04. The minimum atomic E-state index is -0.484. The Bertz CT molecular complexity index is 238. The van der Waals surface area contributed by atoms with Crippen LogP contribution in [0.25, 0.3) is 0 Å². The van der Waals surface area contributed by atoms with Gasteiger partial charge in [-0.15, -0.1) is 0 Å². The van der Waals surface area contributed by atoms with Crippen molar-refractivity contribution in [2.45, 2.75) is 63.6 Å². The summed E-state index contributed by atoms with van der Waals surface area (Å²) in [7, 11) is 0. The number of aldehydes is 1. The van der Waals surface area contributed by atoms with E-state index in [4.69, 9.17) is 4.74 Å². The molecule has 1 heterocycles. The summed E-state index contributed by atoms with van der Waals surface area (Å²) in [5.74, 6) is 0.823. The number of hydrogen-bond acceptors (Lipinski definition) is 2. The second-order valence-corrected chi connectivity index (χ2v) is 5.23. The molecular formula is C12H20O2. The van der Waals surface area contributed by atoms with Crippen molar-refractivity contribution >= 4 is 6.29 Å². The molecule has 0 aromatic heterocycles. The third kappa shape index (κ3) is 1.60. The molecule has 2 rings (SSSR count). The Morgan fingerprint density at radius 1 is 1.43 bits per heavy atom. The van der Waals surface area contributed by atoms with Gasteiger partial charge in [-0.25, -0.2) is 0 Å². The molecule has 2 heteroatoms. The van der Waals surface area contributed by atoms with E-state index in [-0.39, 0.29) is 5.60 Å². The molecule has 0 aromatic rings. The van der Waals surface area contributed by atoms with E-state index in [1.165, 1.54) is 19.3 Å². The number of carbonyl (C=O) groups is 1. The lowest BCUT2D eigenvalue weighted by Gasteiger charge is -2.26. The molecule has 14 heavy (non-hydrogen) atoms. The molecule has 0 N–H and O–H groups in total. The molecule has 3 unspecified atom stereocenters. The van der Waals surface area contributed by atoms with E-state index in [2.05, 4.69) is 6.92 Å². The topological polar surface area (TPSA) is 26.3 Å².